The molecule has 3 rings (SSSR count). The first-order chi connectivity index (χ1) is 12.3. The number of anilines is 1. The molecule has 25 heavy (non-hydrogen) atoms. The van der Waals surface area contributed by atoms with Gasteiger partial charge in [0, 0.05) is 5.30 Å². The second-order valence-electron chi connectivity index (χ2n) is 5.37. The van der Waals surface area contributed by atoms with Crippen LogP contribution in [0.5, 0.6) is 0 Å². The molecule has 3 aromatic carbocycles. The summed E-state index contributed by atoms with van der Waals surface area (Å²) in [5.74, 6) is 0. The number of benzene rings is 3. The van der Waals surface area contributed by atoms with Crippen molar-refractivity contribution in [2.45, 2.75) is 6.92 Å². The van der Waals surface area contributed by atoms with Crippen molar-refractivity contribution in [1.29, 1.82) is 0 Å². The number of carbonyl (C=O) groups excluding carboxylic acids is 1. The molecule has 4 heteroatoms. The average molecular weight is 349 g/mol. The van der Waals surface area contributed by atoms with Gasteiger partial charge in [0.25, 0.3) is 0 Å². The molecule has 0 aromatic heterocycles. The molecule has 0 fully saturated rings. The first-order valence-electron chi connectivity index (χ1n) is 8.22. The van der Waals surface area contributed by atoms with Gasteiger partial charge in [-0.1, -0.05) is 78.9 Å². The third kappa shape index (κ3) is 4.26. The third-order valence-electron chi connectivity index (χ3n) is 3.69. The summed E-state index contributed by atoms with van der Waals surface area (Å²) >= 11 is 0. The van der Waals surface area contributed by atoms with Crippen molar-refractivity contribution in [3.8, 4) is 0 Å². The Hall–Kier alpha value is -2.64. The zero-order valence-corrected chi connectivity index (χ0v) is 14.9. The summed E-state index contributed by atoms with van der Waals surface area (Å²) in [4.78, 5) is 11.9. The van der Waals surface area contributed by atoms with Crippen molar-refractivity contribution in [1.82, 2.24) is 0 Å². The second-order valence-corrected chi connectivity index (χ2v) is 7.55. The average Bonchev–Trinajstić information content (AvgIpc) is 2.65. The SMILES string of the molecule is CCOC(=O)Nc1ccccc1P(c1ccccc1)c1ccccc1. The van der Waals surface area contributed by atoms with Crippen LogP contribution in [0.25, 0.3) is 0 Å². The Labute approximate surface area is 149 Å². The summed E-state index contributed by atoms with van der Waals surface area (Å²) in [5, 5.41) is 6.46. The van der Waals surface area contributed by atoms with Gasteiger partial charge < -0.3 is 4.74 Å². The molecular formula is C21H20NO2P. The minimum atomic E-state index is -0.777. The maximum absolute atomic E-state index is 11.9. The van der Waals surface area contributed by atoms with Gasteiger partial charge in [-0.05, 0) is 31.5 Å². The number of para-hydroxylation sites is 1. The predicted molar refractivity (Wildman–Crippen MR) is 106 cm³/mol. The fourth-order valence-corrected chi connectivity index (χ4v) is 5.03. The van der Waals surface area contributed by atoms with Crippen LogP contribution in [0.2, 0.25) is 0 Å². The van der Waals surface area contributed by atoms with Gasteiger partial charge in [-0.25, -0.2) is 4.79 Å². The van der Waals surface area contributed by atoms with Gasteiger partial charge in [0.2, 0.25) is 0 Å². The zero-order valence-electron chi connectivity index (χ0n) is 14.1. The lowest BCUT2D eigenvalue weighted by atomic mass is 10.3. The lowest BCUT2D eigenvalue weighted by Gasteiger charge is -2.22. The molecule has 126 valence electrons. The van der Waals surface area contributed by atoms with E-state index in [1.54, 1.807) is 6.92 Å². The Morgan fingerprint density at radius 2 is 1.36 bits per heavy atom. The number of carbonyl (C=O) groups is 1. The first kappa shape index (κ1) is 17.2. The highest BCUT2D eigenvalue weighted by atomic mass is 31.1. The molecule has 0 atom stereocenters. The van der Waals surface area contributed by atoms with Crippen molar-refractivity contribution < 1.29 is 9.53 Å². The van der Waals surface area contributed by atoms with E-state index in [1.165, 1.54) is 10.6 Å². The summed E-state index contributed by atoms with van der Waals surface area (Å²) in [5.41, 5.74) is 0.791. The molecule has 0 aliphatic carbocycles. The van der Waals surface area contributed by atoms with Crippen LogP contribution in [0, 0.1) is 0 Å². The highest BCUT2D eigenvalue weighted by Crippen LogP contribution is 2.35. The van der Waals surface area contributed by atoms with E-state index in [0.717, 1.165) is 11.0 Å². The quantitative estimate of drug-likeness (QED) is 0.707. The summed E-state index contributed by atoms with van der Waals surface area (Å²) < 4.78 is 5.05. The van der Waals surface area contributed by atoms with E-state index in [0.29, 0.717) is 6.61 Å². The van der Waals surface area contributed by atoms with Crippen LogP contribution in [0.1, 0.15) is 6.92 Å². The number of ether oxygens (including phenoxy) is 1. The van der Waals surface area contributed by atoms with E-state index < -0.39 is 14.0 Å². The fourth-order valence-electron chi connectivity index (χ4n) is 2.63. The maximum Gasteiger partial charge on any atom is 0.411 e. The smallest absolute Gasteiger partial charge is 0.411 e. The van der Waals surface area contributed by atoms with E-state index in [4.69, 9.17) is 4.74 Å². The third-order valence-corrected chi connectivity index (χ3v) is 6.19. The van der Waals surface area contributed by atoms with Crippen molar-refractivity contribution in [2.24, 2.45) is 0 Å². The Morgan fingerprint density at radius 1 is 0.840 bits per heavy atom. The van der Waals surface area contributed by atoms with Gasteiger partial charge in [0.1, 0.15) is 0 Å². The number of hydrogen-bond donors (Lipinski definition) is 1. The van der Waals surface area contributed by atoms with E-state index in [1.807, 2.05) is 30.3 Å². The highest BCUT2D eigenvalue weighted by Gasteiger charge is 2.20. The van der Waals surface area contributed by atoms with Crippen molar-refractivity contribution in [3.05, 3.63) is 84.9 Å². The van der Waals surface area contributed by atoms with E-state index in [-0.39, 0.29) is 0 Å². The number of hydrogen-bond acceptors (Lipinski definition) is 2. The lowest BCUT2D eigenvalue weighted by molar-refractivity contribution is 0.168. The minimum Gasteiger partial charge on any atom is -0.450 e. The topological polar surface area (TPSA) is 38.3 Å². The predicted octanol–water partition coefficient (Wildman–Crippen LogP) is 4.01. The Kier molecular flexibility index (Phi) is 5.81. The molecule has 3 nitrogen and oxygen atoms in total. The van der Waals surface area contributed by atoms with E-state index in [9.17, 15) is 4.79 Å². The zero-order chi connectivity index (χ0) is 17.5. The Morgan fingerprint density at radius 3 is 1.92 bits per heavy atom. The van der Waals surface area contributed by atoms with Crippen LogP contribution in [0.3, 0.4) is 0 Å². The van der Waals surface area contributed by atoms with Gasteiger partial charge >= 0.3 is 6.09 Å². The molecule has 3 aromatic rings. The van der Waals surface area contributed by atoms with E-state index >= 15 is 0 Å². The molecule has 0 radical (unpaired) electrons. The Bertz CT molecular complexity index is 782. The normalized spacial score (nSPS) is 10.5. The molecule has 0 saturated carbocycles. The number of nitrogens with one attached hydrogen (secondary N) is 1. The maximum atomic E-state index is 11.9. The van der Waals surface area contributed by atoms with Crippen LogP contribution in [-0.4, -0.2) is 12.7 Å². The molecule has 0 aliphatic rings. The molecule has 0 spiro atoms. The van der Waals surface area contributed by atoms with E-state index in [2.05, 4.69) is 59.9 Å². The summed E-state index contributed by atoms with van der Waals surface area (Å²) in [6.45, 7) is 2.15. The molecule has 0 bridgehead atoms. The fraction of sp³-hybridized carbons (Fsp3) is 0.0952. The van der Waals surface area contributed by atoms with Crippen LogP contribution in [0.15, 0.2) is 84.9 Å². The van der Waals surface area contributed by atoms with Gasteiger partial charge in [0.15, 0.2) is 0 Å². The van der Waals surface area contributed by atoms with Crippen molar-refractivity contribution in [3.63, 3.8) is 0 Å². The lowest BCUT2D eigenvalue weighted by Crippen LogP contribution is -2.25. The summed E-state index contributed by atoms with van der Waals surface area (Å²) in [7, 11) is -0.777. The molecule has 0 unspecified atom stereocenters. The molecule has 0 saturated heterocycles. The monoisotopic (exact) mass is 349 g/mol. The van der Waals surface area contributed by atoms with Crippen molar-refractivity contribution in [2.75, 3.05) is 11.9 Å². The van der Waals surface area contributed by atoms with Gasteiger partial charge in [-0.15, -0.1) is 0 Å². The molecular weight excluding hydrogens is 329 g/mol. The molecule has 0 heterocycles. The van der Waals surface area contributed by atoms with Crippen LogP contribution >= 0.6 is 7.92 Å². The largest absolute Gasteiger partial charge is 0.450 e. The van der Waals surface area contributed by atoms with Crippen LogP contribution < -0.4 is 21.2 Å². The first-order valence-corrected chi connectivity index (χ1v) is 9.57. The number of amides is 1. The molecule has 1 N–H and O–H groups in total. The van der Waals surface area contributed by atoms with Crippen molar-refractivity contribution >= 4 is 35.6 Å². The van der Waals surface area contributed by atoms with Gasteiger partial charge in [-0.2, -0.15) is 0 Å². The Balaban J connectivity index is 2.07. The minimum absolute atomic E-state index is 0.347. The molecule has 1 amide bonds. The molecule has 0 aliphatic heterocycles. The second kappa shape index (κ2) is 8.46. The standard InChI is InChI=1S/C21H20NO2P/c1-2-24-21(23)22-19-15-9-10-16-20(19)25(17-11-5-3-6-12-17)18-13-7-4-8-14-18/h3-16H,2H2,1H3,(H,22,23). The van der Waals surface area contributed by atoms with Crippen LogP contribution in [0.4, 0.5) is 10.5 Å². The van der Waals surface area contributed by atoms with Gasteiger partial charge in [-0.3, -0.25) is 5.32 Å². The number of rotatable bonds is 5. The highest BCUT2D eigenvalue weighted by molar-refractivity contribution is 7.80. The summed E-state index contributed by atoms with van der Waals surface area (Å²) in [6.07, 6.45) is -0.425. The van der Waals surface area contributed by atoms with Crippen LogP contribution in [-0.2, 0) is 4.74 Å². The summed E-state index contributed by atoms with van der Waals surface area (Å²) in [6, 6.07) is 28.7. The van der Waals surface area contributed by atoms with Gasteiger partial charge in [0.05, 0.1) is 12.3 Å².